The number of amides is 2. The van der Waals surface area contributed by atoms with Crippen LogP contribution in [-0.4, -0.2) is 52.3 Å². The lowest BCUT2D eigenvalue weighted by atomic mass is 10.0. The summed E-state index contributed by atoms with van der Waals surface area (Å²) in [6, 6.07) is 1.02. The van der Waals surface area contributed by atoms with Crippen LogP contribution in [0.4, 0.5) is 9.18 Å². The number of carbonyl (C=O) groups excluding carboxylic acids is 1. The van der Waals surface area contributed by atoms with E-state index < -0.39 is 24.2 Å². The van der Waals surface area contributed by atoms with E-state index in [1.165, 1.54) is 0 Å². The van der Waals surface area contributed by atoms with Crippen molar-refractivity contribution in [3.63, 3.8) is 0 Å². The van der Waals surface area contributed by atoms with E-state index >= 15 is 0 Å². The maximum Gasteiger partial charge on any atom is 0.407 e. The van der Waals surface area contributed by atoms with E-state index in [0.29, 0.717) is 5.69 Å². The number of nitrogens with zero attached hydrogens (tertiary/aromatic N) is 2. The number of aryl methyl sites for hydroxylation is 1. The number of aromatic amines is 1. The van der Waals surface area contributed by atoms with Crippen molar-refractivity contribution < 1.29 is 19.1 Å². The second kappa shape index (κ2) is 6.23. The van der Waals surface area contributed by atoms with Crippen LogP contribution in [0.15, 0.2) is 0 Å². The lowest BCUT2D eigenvalue weighted by Crippen LogP contribution is -2.53. The van der Waals surface area contributed by atoms with E-state index in [4.69, 9.17) is 22.0 Å². The van der Waals surface area contributed by atoms with Gasteiger partial charge in [-0.3, -0.25) is 4.79 Å². The first kappa shape index (κ1) is 16.1. The highest BCUT2D eigenvalue weighted by atomic mass is 35.5. The third-order valence-electron chi connectivity index (χ3n) is 3.58. The maximum absolute atomic E-state index is 14.0. The molecule has 2 amide bonds. The molecule has 0 aromatic carbocycles. The van der Waals surface area contributed by atoms with Crippen molar-refractivity contribution in [2.24, 2.45) is 0 Å². The zero-order valence-corrected chi connectivity index (χ0v) is 12.4. The molecular weight excluding hydrogens is 315 g/mol. The number of carbonyl (C=O) groups is 2. The van der Waals surface area contributed by atoms with Crippen LogP contribution in [0.3, 0.4) is 0 Å². The van der Waals surface area contributed by atoms with Gasteiger partial charge >= 0.3 is 6.09 Å². The van der Waals surface area contributed by atoms with Gasteiger partial charge in [0.1, 0.15) is 23.5 Å². The van der Waals surface area contributed by atoms with Crippen LogP contribution >= 0.6 is 11.6 Å². The van der Waals surface area contributed by atoms with Crippen molar-refractivity contribution in [3.8, 4) is 6.07 Å². The zero-order chi connectivity index (χ0) is 16.4. The van der Waals surface area contributed by atoms with Crippen LogP contribution in [0.1, 0.15) is 28.2 Å². The van der Waals surface area contributed by atoms with Crippen LogP contribution in [0, 0.1) is 18.3 Å². The molecule has 1 fully saturated rings. The molecule has 0 unspecified atom stereocenters. The van der Waals surface area contributed by atoms with Gasteiger partial charge in [0.15, 0.2) is 0 Å². The first-order valence-corrected chi connectivity index (χ1v) is 6.94. The third kappa shape index (κ3) is 2.99. The summed E-state index contributed by atoms with van der Waals surface area (Å²) >= 11 is 5.90. The molecule has 1 aliphatic rings. The van der Waals surface area contributed by atoms with Crippen molar-refractivity contribution in [2.45, 2.75) is 25.6 Å². The average molecular weight is 329 g/mol. The molecule has 0 aliphatic carbocycles. The Labute approximate surface area is 130 Å². The van der Waals surface area contributed by atoms with Gasteiger partial charge in [-0.15, -0.1) is 0 Å². The minimum Gasteiger partial charge on any atom is -0.465 e. The van der Waals surface area contributed by atoms with Gasteiger partial charge in [0, 0.05) is 12.2 Å². The highest BCUT2D eigenvalue weighted by Gasteiger charge is 2.33. The van der Waals surface area contributed by atoms with Gasteiger partial charge in [-0.05, 0) is 13.3 Å². The van der Waals surface area contributed by atoms with Gasteiger partial charge in [-0.1, -0.05) is 11.6 Å². The summed E-state index contributed by atoms with van der Waals surface area (Å²) in [5.74, 6) is -0.636. The van der Waals surface area contributed by atoms with Crippen molar-refractivity contribution in [2.75, 3.05) is 13.1 Å². The number of alkyl halides is 1. The van der Waals surface area contributed by atoms with E-state index in [9.17, 15) is 14.0 Å². The number of rotatable bonds is 2. The molecule has 1 aromatic rings. The minimum absolute atomic E-state index is 0.00930. The molecule has 22 heavy (non-hydrogen) atoms. The van der Waals surface area contributed by atoms with Crippen molar-refractivity contribution >= 4 is 23.6 Å². The number of carboxylic acid groups (broad SMARTS) is 1. The van der Waals surface area contributed by atoms with E-state index in [-0.39, 0.29) is 35.8 Å². The maximum atomic E-state index is 14.0. The smallest absolute Gasteiger partial charge is 0.407 e. The molecule has 118 valence electrons. The molecule has 7 nitrogen and oxygen atoms in total. The normalized spacial score (nSPS) is 21.3. The summed E-state index contributed by atoms with van der Waals surface area (Å²) in [7, 11) is 0. The van der Waals surface area contributed by atoms with Crippen LogP contribution in [0.2, 0.25) is 5.02 Å². The van der Waals surface area contributed by atoms with Gasteiger partial charge in [0.2, 0.25) is 0 Å². The summed E-state index contributed by atoms with van der Waals surface area (Å²) in [5, 5.41) is 20.5. The quantitative estimate of drug-likeness (QED) is 0.767. The van der Waals surface area contributed by atoms with E-state index in [1.807, 2.05) is 6.07 Å². The second-order valence-electron chi connectivity index (χ2n) is 5.04. The predicted octanol–water partition coefficient (Wildman–Crippen LogP) is 1.67. The Morgan fingerprint density at radius 1 is 1.59 bits per heavy atom. The van der Waals surface area contributed by atoms with Crippen LogP contribution < -0.4 is 5.32 Å². The molecule has 2 atom stereocenters. The fourth-order valence-electron chi connectivity index (χ4n) is 2.36. The summed E-state index contributed by atoms with van der Waals surface area (Å²) in [5.41, 5.74) is 0.466. The van der Waals surface area contributed by atoms with Crippen molar-refractivity contribution in [1.29, 1.82) is 5.26 Å². The number of halogens is 2. The monoisotopic (exact) mass is 328 g/mol. The number of nitrogens with one attached hydrogen (secondary N) is 2. The largest absolute Gasteiger partial charge is 0.465 e. The van der Waals surface area contributed by atoms with Crippen LogP contribution in [0.5, 0.6) is 0 Å². The fraction of sp³-hybridized carbons (Fsp3) is 0.462. The lowest BCUT2D eigenvalue weighted by Gasteiger charge is -2.33. The van der Waals surface area contributed by atoms with Crippen LogP contribution in [-0.2, 0) is 0 Å². The van der Waals surface area contributed by atoms with E-state index in [1.54, 1.807) is 6.92 Å². The Morgan fingerprint density at radius 3 is 2.82 bits per heavy atom. The molecule has 1 saturated heterocycles. The molecule has 0 saturated carbocycles. The van der Waals surface area contributed by atoms with Gasteiger partial charge in [-0.2, -0.15) is 5.26 Å². The van der Waals surface area contributed by atoms with Crippen molar-refractivity contribution in [1.82, 2.24) is 15.2 Å². The molecule has 0 bridgehead atoms. The molecule has 9 heteroatoms. The first-order chi connectivity index (χ1) is 10.3. The summed E-state index contributed by atoms with van der Waals surface area (Å²) < 4.78 is 14.0. The van der Waals surface area contributed by atoms with Gasteiger partial charge in [0.25, 0.3) is 5.91 Å². The third-order valence-corrected chi connectivity index (χ3v) is 4.05. The summed E-state index contributed by atoms with van der Waals surface area (Å²) in [6.45, 7) is 1.45. The minimum atomic E-state index is -1.51. The Morgan fingerprint density at radius 2 is 2.27 bits per heavy atom. The SMILES string of the molecule is Cc1[nH]c(C(=O)N[C@@H]2CCN(C(=O)O)C[C@@H]2F)c(C#N)c1Cl. The number of piperidine rings is 1. The van der Waals surface area contributed by atoms with E-state index in [2.05, 4.69) is 10.3 Å². The summed E-state index contributed by atoms with van der Waals surface area (Å²) in [4.78, 5) is 26.6. The number of aromatic nitrogens is 1. The summed E-state index contributed by atoms with van der Waals surface area (Å²) in [6.07, 6.45) is -2.54. The predicted molar refractivity (Wildman–Crippen MR) is 75.6 cm³/mol. The van der Waals surface area contributed by atoms with Crippen molar-refractivity contribution in [3.05, 3.63) is 22.0 Å². The molecule has 1 aromatic heterocycles. The molecular formula is C13H14ClFN4O3. The average Bonchev–Trinajstić information content (AvgIpc) is 2.76. The molecule has 1 aliphatic heterocycles. The molecule has 2 rings (SSSR count). The van der Waals surface area contributed by atoms with Gasteiger partial charge in [0.05, 0.1) is 17.6 Å². The number of hydrogen-bond acceptors (Lipinski definition) is 3. The lowest BCUT2D eigenvalue weighted by molar-refractivity contribution is 0.0750. The second-order valence-corrected chi connectivity index (χ2v) is 5.42. The topological polar surface area (TPSA) is 109 Å². The molecule has 0 radical (unpaired) electrons. The highest BCUT2D eigenvalue weighted by molar-refractivity contribution is 6.33. The first-order valence-electron chi connectivity index (χ1n) is 6.56. The Kier molecular flexibility index (Phi) is 4.56. The van der Waals surface area contributed by atoms with Crippen LogP contribution in [0.25, 0.3) is 0 Å². The van der Waals surface area contributed by atoms with Gasteiger partial charge < -0.3 is 20.3 Å². The zero-order valence-electron chi connectivity index (χ0n) is 11.7. The standard InChI is InChI=1S/C13H14ClFN4O3/c1-6-10(14)7(4-16)11(17-6)12(20)18-9-2-3-19(13(21)22)5-8(9)15/h8-9,17H,2-3,5H2,1H3,(H,18,20)(H,21,22)/t8-,9+/m0/s1. The number of hydrogen-bond donors (Lipinski definition) is 3. The fourth-order valence-corrected chi connectivity index (χ4v) is 2.54. The van der Waals surface area contributed by atoms with Gasteiger partial charge in [-0.25, -0.2) is 9.18 Å². The Hall–Kier alpha value is -2.27. The Bertz CT molecular complexity index is 654. The number of nitriles is 1. The molecule has 2 heterocycles. The Balaban J connectivity index is 2.09. The number of H-pyrrole nitrogens is 1. The molecule has 0 spiro atoms. The highest BCUT2D eigenvalue weighted by Crippen LogP contribution is 2.24. The van der Waals surface area contributed by atoms with E-state index in [0.717, 1.165) is 4.90 Å². The number of likely N-dealkylation sites (tertiary alicyclic amines) is 1. The molecule has 3 N–H and O–H groups in total.